The summed E-state index contributed by atoms with van der Waals surface area (Å²) in [5.74, 6) is -1.71. The zero-order chi connectivity index (χ0) is 14.3. The number of carboxylic acids is 1. The monoisotopic (exact) mass is 276 g/mol. The molecule has 0 aromatic rings. The second kappa shape index (κ2) is 7.59. The van der Waals surface area contributed by atoms with Crippen LogP contribution in [-0.2, 0) is 20.4 Å². The number of hydrogen-bond donors (Lipinski definition) is 3. The Balaban J connectivity index is 4.32. The van der Waals surface area contributed by atoms with Gasteiger partial charge in [-0.05, 0) is 13.8 Å². The lowest BCUT2D eigenvalue weighted by atomic mass is 10.1. The predicted octanol–water partition coefficient (Wildman–Crippen LogP) is -0.388. The van der Waals surface area contributed by atoms with Crippen LogP contribution in [0.3, 0.4) is 0 Å². The van der Waals surface area contributed by atoms with Gasteiger partial charge in [0, 0.05) is 40.5 Å². The van der Waals surface area contributed by atoms with E-state index in [1.54, 1.807) is 0 Å². The van der Waals surface area contributed by atoms with Gasteiger partial charge in [0.05, 0.1) is 0 Å². The Morgan fingerprint density at radius 2 is 1.72 bits per heavy atom. The summed E-state index contributed by atoms with van der Waals surface area (Å²) in [6, 6.07) is -0.747. The van der Waals surface area contributed by atoms with Crippen molar-refractivity contribution in [1.29, 1.82) is 0 Å². The third-order valence-electron chi connectivity index (χ3n) is 2.13. The molecule has 3 N–H and O–H groups in total. The SMILES string of the molecule is CC(C(=O)O)=C(C)C(=O)NC(=O)NCCS(C)=O. The van der Waals surface area contributed by atoms with Crippen molar-refractivity contribution in [3.63, 3.8) is 0 Å². The highest BCUT2D eigenvalue weighted by atomic mass is 32.2. The standard InChI is InChI=1S/C10H16N2O5S/c1-6(7(2)9(14)15)8(13)12-10(16)11-4-5-18(3)17/h4-5H2,1-3H3,(H,14,15)(H2,11,12,13,16). The first-order chi connectivity index (χ1) is 8.25. The van der Waals surface area contributed by atoms with Gasteiger partial charge in [0.15, 0.2) is 0 Å². The van der Waals surface area contributed by atoms with Crippen molar-refractivity contribution in [3.05, 3.63) is 11.1 Å². The molecule has 0 saturated heterocycles. The van der Waals surface area contributed by atoms with Gasteiger partial charge in [-0.1, -0.05) is 0 Å². The molecule has 102 valence electrons. The van der Waals surface area contributed by atoms with Crippen LogP contribution in [0.25, 0.3) is 0 Å². The molecule has 0 saturated carbocycles. The lowest BCUT2D eigenvalue weighted by molar-refractivity contribution is -0.133. The van der Waals surface area contributed by atoms with E-state index in [9.17, 15) is 18.6 Å². The van der Waals surface area contributed by atoms with Crippen molar-refractivity contribution < 1.29 is 23.7 Å². The fraction of sp³-hybridized carbons (Fsp3) is 0.500. The minimum atomic E-state index is -1.22. The summed E-state index contributed by atoms with van der Waals surface area (Å²) in [5.41, 5.74) is -0.174. The first-order valence-electron chi connectivity index (χ1n) is 5.05. The number of amides is 3. The topological polar surface area (TPSA) is 113 Å². The van der Waals surface area contributed by atoms with Gasteiger partial charge in [-0.25, -0.2) is 9.59 Å². The molecule has 0 aliphatic carbocycles. The fourth-order valence-electron chi connectivity index (χ4n) is 0.880. The van der Waals surface area contributed by atoms with Crippen LogP contribution in [0.4, 0.5) is 4.79 Å². The van der Waals surface area contributed by atoms with Crippen LogP contribution in [0.1, 0.15) is 13.8 Å². The Morgan fingerprint density at radius 1 is 1.17 bits per heavy atom. The number of hydrogen-bond acceptors (Lipinski definition) is 4. The van der Waals surface area contributed by atoms with Crippen molar-refractivity contribution in [1.82, 2.24) is 10.6 Å². The van der Waals surface area contributed by atoms with Crippen LogP contribution in [0.15, 0.2) is 11.1 Å². The van der Waals surface area contributed by atoms with E-state index >= 15 is 0 Å². The number of urea groups is 1. The van der Waals surface area contributed by atoms with Crippen LogP contribution in [0.2, 0.25) is 0 Å². The number of nitrogens with one attached hydrogen (secondary N) is 2. The molecule has 1 unspecified atom stereocenters. The normalized spacial score (nSPS) is 13.3. The van der Waals surface area contributed by atoms with Crippen LogP contribution in [0.5, 0.6) is 0 Å². The van der Waals surface area contributed by atoms with Crippen molar-refractivity contribution in [2.75, 3.05) is 18.6 Å². The smallest absolute Gasteiger partial charge is 0.331 e. The average Bonchev–Trinajstić information content (AvgIpc) is 2.26. The summed E-state index contributed by atoms with van der Waals surface area (Å²) in [5, 5.41) is 13.0. The zero-order valence-electron chi connectivity index (χ0n) is 10.4. The van der Waals surface area contributed by atoms with Crippen LogP contribution < -0.4 is 10.6 Å². The van der Waals surface area contributed by atoms with Crippen LogP contribution in [0, 0.1) is 0 Å². The molecule has 0 aliphatic heterocycles. The molecule has 0 heterocycles. The summed E-state index contributed by atoms with van der Waals surface area (Å²) in [7, 11) is -1.03. The lowest BCUT2D eigenvalue weighted by Gasteiger charge is -2.07. The minimum Gasteiger partial charge on any atom is -0.478 e. The molecule has 8 heteroatoms. The molecule has 0 aliphatic rings. The van der Waals surface area contributed by atoms with E-state index in [4.69, 9.17) is 5.11 Å². The number of carbonyl (C=O) groups excluding carboxylic acids is 2. The maximum atomic E-state index is 11.4. The number of carboxylic acid groups (broad SMARTS) is 1. The van der Waals surface area contributed by atoms with E-state index in [0.29, 0.717) is 0 Å². The summed E-state index contributed by atoms with van der Waals surface area (Å²) in [4.78, 5) is 33.3. The molecule has 0 bridgehead atoms. The summed E-state index contributed by atoms with van der Waals surface area (Å²) < 4.78 is 10.7. The third-order valence-corrected chi connectivity index (χ3v) is 2.91. The van der Waals surface area contributed by atoms with Crippen molar-refractivity contribution in [2.24, 2.45) is 0 Å². The quantitative estimate of drug-likeness (QED) is 0.592. The molecule has 0 aromatic carbocycles. The molecule has 0 spiro atoms. The zero-order valence-corrected chi connectivity index (χ0v) is 11.2. The largest absolute Gasteiger partial charge is 0.478 e. The van der Waals surface area contributed by atoms with E-state index in [-0.39, 0.29) is 23.4 Å². The first kappa shape index (κ1) is 16.3. The number of imide groups is 1. The van der Waals surface area contributed by atoms with E-state index in [0.717, 1.165) is 0 Å². The third kappa shape index (κ3) is 6.14. The maximum Gasteiger partial charge on any atom is 0.331 e. The number of carbonyl (C=O) groups is 3. The number of aliphatic carboxylic acids is 1. The fourth-order valence-corrected chi connectivity index (χ4v) is 1.27. The first-order valence-corrected chi connectivity index (χ1v) is 6.78. The van der Waals surface area contributed by atoms with Crippen molar-refractivity contribution in [3.8, 4) is 0 Å². The summed E-state index contributed by atoms with van der Waals surface area (Å²) in [6.45, 7) is 2.76. The molecule has 1 atom stereocenters. The van der Waals surface area contributed by atoms with Gasteiger partial charge < -0.3 is 10.4 Å². The molecule has 0 rings (SSSR count). The summed E-state index contributed by atoms with van der Waals surface area (Å²) in [6.07, 6.45) is 1.49. The van der Waals surface area contributed by atoms with Gasteiger partial charge in [0.2, 0.25) is 0 Å². The average molecular weight is 276 g/mol. The van der Waals surface area contributed by atoms with Gasteiger partial charge >= 0.3 is 12.0 Å². The molecular formula is C10H16N2O5S. The van der Waals surface area contributed by atoms with Crippen molar-refractivity contribution >= 4 is 28.7 Å². The molecule has 0 aromatic heterocycles. The Morgan fingerprint density at radius 3 is 2.17 bits per heavy atom. The Hall–Kier alpha value is -1.70. The maximum absolute atomic E-state index is 11.4. The van der Waals surface area contributed by atoms with Crippen LogP contribution in [-0.4, -0.2) is 45.8 Å². The molecule has 0 radical (unpaired) electrons. The van der Waals surface area contributed by atoms with Gasteiger partial charge in [-0.2, -0.15) is 0 Å². The summed E-state index contributed by atoms with van der Waals surface area (Å²) >= 11 is 0. The lowest BCUT2D eigenvalue weighted by Crippen LogP contribution is -2.41. The van der Waals surface area contributed by atoms with Gasteiger partial charge in [0.25, 0.3) is 5.91 Å². The van der Waals surface area contributed by atoms with E-state index in [1.807, 2.05) is 5.32 Å². The molecule has 7 nitrogen and oxygen atoms in total. The molecule has 3 amide bonds. The Bertz CT molecular complexity index is 416. The van der Waals surface area contributed by atoms with Gasteiger partial charge in [-0.3, -0.25) is 14.3 Å². The minimum absolute atomic E-state index is 0.0447. The van der Waals surface area contributed by atoms with E-state index < -0.39 is 28.7 Å². The van der Waals surface area contributed by atoms with E-state index in [1.165, 1.54) is 20.1 Å². The van der Waals surface area contributed by atoms with E-state index in [2.05, 4.69) is 5.32 Å². The van der Waals surface area contributed by atoms with Crippen LogP contribution >= 0.6 is 0 Å². The highest BCUT2D eigenvalue weighted by molar-refractivity contribution is 7.84. The molecular weight excluding hydrogens is 260 g/mol. The van der Waals surface area contributed by atoms with Crippen molar-refractivity contribution in [2.45, 2.75) is 13.8 Å². The van der Waals surface area contributed by atoms with Gasteiger partial charge in [0.1, 0.15) is 0 Å². The van der Waals surface area contributed by atoms with Gasteiger partial charge in [-0.15, -0.1) is 0 Å². The Labute approximate surface area is 107 Å². The Kier molecular flexibility index (Phi) is 6.88. The number of rotatable bonds is 5. The predicted molar refractivity (Wildman–Crippen MR) is 66.5 cm³/mol. The molecule has 0 fully saturated rings. The second-order valence-electron chi connectivity index (χ2n) is 3.54. The molecule has 18 heavy (non-hydrogen) atoms. The second-order valence-corrected chi connectivity index (χ2v) is 5.10. The highest BCUT2D eigenvalue weighted by Gasteiger charge is 2.14. The highest BCUT2D eigenvalue weighted by Crippen LogP contribution is 2.02.